The number of amidine groups is 1. The van der Waals surface area contributed by atoms with E-state index in [1.165, 1.54) is 6.07 Å². The van der Waals surface area contributed by atoms with Gasteiger partial charge in [-0.2, -0.15) is 0 Å². The molecule has 0 aliphatic carbocycles. The number of para-hydroxylation sites is 1. The summed E-state index contributed by atoms with van der Waals surface area (Å²) in [5, 5.41) is 6.26. The smallest absolute Gasteiger partial charge is 0.147 e. The summed E-state index contributed by atoms with van der Waals surface area (Å²) >= 11 is 0. The maximum Gasteiger partial charge on any atom is 0.147 e. The second-order valence-corrected chi connectivity index (χ2v) is 4.70. The van der Waals surface area contributed by atoms with Crippen LogP contribution in [0.15, 0.2) is 53.5 Å². The van der Waals surface area contributed by atoms with Crippen molar-refractivity contribution in [2.24, 2.45) is 4.99 Å². The molecule has 1 heterocycles. The van der Waals surface area contributed by atoms with Crippen LogP contribution in [0.2, 0.25) is 0 Å². The molecule has 0 bridgehead atoms. The molecule has 3 nitrogen and oxygen atoms in total. The Balaban J connectivity index is 1.82. The molecule has 4 heteroatoms. The van der Waals surface area contributed by atoms with Gasteiger partial charge >= 0.3 is 0 Å². The van der Waals surface area contributed by atoms with E-state index < -0.39 is 0 Å². The number of halogens is 1. The second-order valence-electron chi connectivity index (χ2n) is 4.70. The average Bonchev–Trinajstić information content (AvgIpc) is 2.51. The predicted octanol–water partition coefficient (Wildman–Crippen LogP) is 3.31. The summed E-state index contributed by atoms with van der Waals surface area (Å²) in [6, 6.07) is 14.7. The molecule has 0 saturated carbocycles. The Hall–Kier alpha value is -2.36. The molecule has 0 aromatic heterocycles. The van der Waals surface area contributed by atoms with Crippen LogP contribution in [0.3, 0.4) is 0 Å². The molecular formula is C16H16FN3. The van der Waals surface area contributed by atoms with Crippen LogP contribution in [0.1, 0.15) is 12.0 Å². The summed E-state index contributed by atoms with van der Waals surface area (Å²) in [6.45, 7) is 1.69. The van der Waals surface area contributed by atoms with Crippen molar-refractivity contribution in [3.63, 3.8) is 0 Å². The highest BCUT2D eigenvalue weighted by Crippen LogP contribution is 2.21. The minimum Gasteiger partial charge on any atom is -0.370 e. The number of nitrogens with one attached hydrogen (secondary N) is 2. The lowest BCUT2D eigenvalue weighted by Gasteiger charge is -2.15. The van der Waals surface area contributed by atoms with Crippen molar-refractivity contribution in [1.82, 2.24) is 5.32 Å². The minimum absolute atomic E-state index is 0.276. The zero-order valence-electron chi connectivity index (χ0n) is 11.1. The normalized spacial score (nSPS) is 14.3. The molecule has 0 unspecified atom stereocenters. The van der Waals surface area contributed by atoms with Crippen molar-refractivity contribution in [2.45, 2.75) is 6.42 Å². The highest BCUT2D eigenvalue weighted by molar-refractivity contribution is 5.99. The SMILES string of the molecule is Fc1cc(C2=NCCCN2)ccc1Nc1ccccc1. The van der Waals surface area contributed by atoms with Crippen molar-refractivity contribution in [3.05, 3.63) is 59.9 Å². The van der Waals surface area contributed by atoms with Crippen LogP contribution in [-0.2, 0) is 0 Å². The van der Waals surface area contributed by atoms with Crippen molar-refractivity contribution in [3.8, 4) is 0 Å². The largest absolute Gasteiger partial charge is 0.370 e. The van der Waals surface area contributed by atoms with E-state index in [0.29, 0.717) is 5.69 Å². The Labute approximate surface area is 117 Å². The molecule has 1 aliphatic heterocycles. The van der Waals surface area contributed by atoms with Gasteiger partial charge < -0.3 is 10.6 Å². The summed E-state index contributed by atoms with van der Waals surface area (Å²) in [4.78, 5) is 4.37. The molecule has 20 heavy (non-hydrogen) atoms. The molecule has 2 N–H and O–H groups in total. The van der Waals surface area contributed by atoms with Gasteiger partial charge in [0.2, 0.25) is 0 Å². The van der Waals surface area contributed by atoms with E-state index in [1.807, 2.05) is 36.4 Å². The lowest BCUT2D eigenvalue weighted by atomic mass is 10.1. The molecule has 0 atom stereocenters. The van der Waals surface area contributed by atoms with Crippen LogP contribution in [0.25, 0.3) is 0 Å². The number of hydrogen-bond donors (Lipinski definition) is 2. The Morgan fingerprint density at radius 2 is 1.95 bits per heavy atom. The molecule has 2 aromatic rings. The molecule has 102 valence electrons. The summed E-state index contributed by atoms with van der Waals surface area (Å²) < 4.78 is 14.1. The molecule has 0 saturated heterocycles. The van der Waals surface area contributed by atoms with Crippen molar-refractivity contribution in [2.75, 3.05) is 18.4 Å². The predicted molar refractivity (Wildman–Crippen MR) is 80.1 cm³/mol. The molecule has 2 aromatic carbocycles. The van der Waals surface area contributed by atoms with E-state index >= 15 is 0 Å². The first kappa shape index (κ1) is 12.7. The van der Waals surface area contributed by atoms with E-state index in [0.717, 1.165) is 36.6 Å². The number of aliphatic imine (C=N–C) groups is 1. The van der Waals surface area contributed by atoms with Gasteiger partial charge in [0.25, 0.3) is 0 Å². The fourth-order valence-corrected chi connectivity index (χ4v) is 2.17. The van der Waals surface area contributed by atoms with Gasteiger partial charge in [0.15, 0.2) is 0 Å². The van der Waals surface area contributed by atoms with E-state index in [1.54, 1.807) is 6.07 Å². The zero-order chi connectivity index (χ0) is 13.8. The first-order chi connectivity index (χ1) is 9.83. The summed E-state index contributed by atoms with van der Waals surface area (Å²) in [7, 11) is 0. The van der Waals surface area contributed by atoms with Gasteiger partial charge in [0.1, 0.15) is 11.7 Å². The van der Waals surface area contributed by atoms with Crippen LogP contribution in [-0.4, -0.2) is 18.9 Å². The first-order valence-electron chi connectivity index (χ1n) is 6.73. The Bertz CT molecular complexity index is 623. The number of hydrogen-bond acceptors (Lipinski definition) is 3. The topological polar surface area (TPSA) is 36.4 Å². The quantitative estimate of drug-likeness (QED) is 0.897. The first-order valence-corrected chi connectivity index (χ1v) is 6.73. The van der Waals surface area contributed by atoms with Crippen LogP contribution >= 0.6 is 0 Å². The maximum absolute atomic E-state index is 14.1. The number of anilines is 2. The van der Waals surface area contributed by atoms with E-state index in [9.17, 15) is 4.39 Å². The molecule has 0 fully saturated rings. The molecule has 0 amide bonds. The summed E-state index contributed by atoms with van der Waals surface area (Å²) in [5.41, 5.74) is 2.13. The van der Waals surface area contributed by atoms with Gasteiger partial charge in [0, 0.05) is 24.3 Å². The summed E-state index contributed by atoms with van der Waals surface area (Å²) in [6.07, 6.45) is 1.03. The lowest BCUT2D eigenvalue weighted by Crippen LogP contribution is -2.30. The third-order valence-electron chi connectivity index (χ3n) is 3.19. The number of rotatable bonds is 3. The molecule has 0 radical (unpaired) electrons. The van der Waals surface area contributed by atoms with Crippen LogP contribution in [0.5, 0.6) is 0 Å². The number of nitrogens with zero attached hydrogens (tertiary/aromatic N) is 1. The second kappa shape index (κ2) is 5.74. The van der Waals surface area contributed by atoms with Crippen molar-refractivity contribution < 1.29 is 4.39 Å². The molecule has 1 aliphatic rings. The molecule has 0 spiro atoms. The maximum atomic E-state index is 14.1. The van der Waals surface area contributed by atoms with E-state index in [4.69, 9.17) is 0 Å². The van der Waals surface area contributed by atoms with Crippen LogP contribution < -0.4 is 10.6 Å². The van der Waals surface area contributed by atoms with Gasteiger partial charge in [-0.25, -0.2) is 4.39 Å². The zero-order valence-corrected chi connectivity index (χ0v) is 11.1. The van der Waals surface area contributed by atoms with Crippen LogP contribution in [0, 0.1) is 5.82 Å². The Morgan fingerprint density at radius 3 is 2.65 bits per heavy atom. The fourth-order valence-electron chi connectivity index (χ4n) is 2.17. The van der Waals surface area contributed by atoms with Gasteiger partial charge in [-0.05, 0) is 36.8 Å². The highest BCUT2D eigenvalue weighted by atomic mass is 19.1. The van der Waals surface area contributed by atoms with Crippen molar-refractivity contribution in [1.29, 1.82) is 0 Å². The minimum atomic E-state index is -0.276. The highest BCUT2D eigenvalue weighted by Gasteiger charge is 2.10. The average molecular weight is 269 g/mol. The van der Waals surface area contributed by atoms with Gasteiger partial charge in [-0.3, -0.25) is 4.99 Å². The number of benzene rings is 2. The molecule has 3 rings (SSSR count). The standard InChI is InChI=1S/C16H16FN3/c17-14-11-12(16-18-9-4-10-19-16)7-8-15(14)20-13-5-2-1-3-6-13/h1-3,5-8,11,20H,4,9-10H2,(H,18,19). The van der Waals surface area contributed by atoms with Crippen LogP contribution in [0.4, 0.5) is 15.8 Å². The van der Waals surface area contributed by atoms with E-state index in [-0.39, 0.29) is 5.82 Å². The fraction of sp³-hybridized carbons (Fsp3) is 0.188. The Morgan fingerprint density at radius 1 is 1.10 bits per heavy atom. The van der Waals surface area contributed by atoms with Gasteiger partial charge in [-0.1, -0.05) is 18.2 Å². The molecular weight excluding hydrogens is 253 g/mol. The third-order valence-corrected chi connectivity index (χ3v) is 3.19. The van der Waals surface area contributed by atoms with Gasteiger partial charge in [0.05, 0.1) is 5.69 Å². The van der Waals surface area contributed by atoms with Crippen molar-refractivity contribution >= 4 is 17.2 Å². The van der Waals surface area contributed by atoms with Gasteiger partial charge in [-0.15, -0.1) is 0 Å². The Kier molecular flexibility index (Phi) is 3.63. The lowest BCUT2D eigenvalue weighted by molar-refractivity contribution is 0.631. The van der Waals surface area contributed by atoms with E-state index in [2.05, 4.69) is 15.6 Å². The third kappa shape index (κ3) is 2.79. The monoisotopic (exact) mass is 269 g/mol. The summed E-state index contributed by atoms with van der Waals surface area (Å²) in [5.74, 6) is 0.503.